The molecule has 116 valence electrons. The Morgan fingerprint density at radius 2 is 2.18 bits per heavy atom. The molecule has 0 amide bonds. The number of hydrogen-bond acceptors (Lipinski definition) is 3. The van der Waals surface area contributed by atoms with Crippen LogP contribution in [0.15, 0.2) is 36.5 Å². The van der Waals surface area contributed by atoms with Gasteiger partial charge in [0, 0.05) is 22.5 Å². The number of thiophene rings is 1. The van der Waals surface area contributed by atoms with Gasteiger partial charge in [-0.3, -0.25) is 4.98 Å². The van der Waals surface area contributed by atoms with Gasteiger partial charge >= 0.3 is 0 Å². The molecule has 0 bridgehead atoms. The lowest BCUT2D eigenvalue weighted by atomic mass is 10.0. The quantitative estimate of drug-likeness (QED) is 0.830. The van der Waals surface area contributed by atoms with Gasteiger partial charge in [-0.15, -0.1) is 11.3 Å². The van der Waals surface area contributed by atoms with Crippen LogP contribution in [0.2, 0.25) is 0 Å². The molecule has 3 rings (SSSR count). The second-order valence-corrected chi connectivity index (χ2v) is 7.33. The van der Waals surface area contributed by atoms with Gasteiger partial charge in [0.05, 0.1) is 17.8 Å². The highest BCUT2D eigenvalue weighted by molar-refractivity contribution is 7.80. The Morgan fingerprint density at radius 1 is 1.32 bits per heavy atom. The average Bonchev–Trinajstić information content (AvgIpc) is 3.09. The molecule has 22 heavy (non-hydrogen) atoms. The molecule has 0 aromatic carbocycles. The van der Waals surface area contributed by atoms with Crippen molar-refractivity contribution >= 4 is 28.7 Å². The largest absolute Gasteiger partial charge is 0.352 e. The summed E-state index contributed by atoms with van der Waals surface area (Å²) in [5.41, 5.74) is 1.06. The topological polar surface area (TPSA) is 28.2 Å². The zero-order valence-electron chi connectivity index (χ0n) is 13.0. The van der Waals surface area contributed by atoms with E-state index in [1.54, 1.807) is 0 Å². The van der Waals surface area contributed by atoms with Crippen molar-refractivity contribution in [3.8, 4) is 0 Å². The molecule has 2 aromatic rings. The van der Waals surface area contributed by atoms with Gasteiger partial charge in [-0.05, 0) is 49.8 Å². The van der Waals surface area contributed by atoms with E-state index in [0.717, 1.165) is 23.8 Å². The third-order valence-corrected chi connectivity index (χ3v) is 5.43. The van der Waals surface area contributed by atoms with Crippen molar-refractivity contribution in [2.24, 2.45) is 0 Å². The first-order valence-electron chi connectivity index (χ1n) is 7.75. The van der Waals surface area contributed by atoms with Crippen molar-refractivity contribution in [2.75, 3.05) is 6.54 Å². The van der Waals surface area contributed by atoms with Crippen molar-refractivity contribution < 1.29 is 0 Å². The number of thiocarbonyl (C=S) groups is 1. The maximum Gasteiger partial charge on any atom is 0.170 e. The fourth-order valence-electron chi connectivity index (χ4n) is 2.90. The molecule has 2 atom stereocenters. The molecule has 0 aliphatic carbocycles. The van der Waals surface area contributed by atoms with Crippen molar-refractivity contribution in [3.63, 3.8) is 0 Å². The highest BCUT2D eigenvalue weighted by Crippen LogP contribution is 2.41. The van der Waals surface area contributed by atoms with Gasteiger partial charge in [0.15, 0.2) is 5.11 Å². The minimum atomic E-state index is 0.128. The SMILES string of the molecule is CCCCN1C(=S)N[C@H](c2ccccn2)[C@@H]1c1ccc(C)s1. The smallest absolute Gasteiger partial charge is 0.170 e. The lowest BCUT2D eigenvalue weighted by Gasteiger charge is -2.26. The Bertz CT molecular complexity index is 638. The molecule has 0 radical (unpaired) electrons. The third-order valence-electron chi connectivity index (χ3n) is 4.00. The molecule has 0 spiro atoms. The fourth-order valence-corrected chi connectivity index (χ4v) is 4.26. The molecular formula is C17H21N3S2. The van der Waals surface area contributed by atoms with Crippen molar-refractivity contribution in [1.82, 2.24) is 15.2 Å². The standard InChI is InChI=1S/C17H21N3S2/c1-3-4-11-20-16(14-9-8-12(2)22-14)15(19-17(20)21)13-7-5-6-10-18-13/h5-10,15-16H,3-4,11H2,1-2H3,(H,19,21)/t15-,16+/m1/s1. The van der Waals surface area contributed by atoms with E-state index in [1.165, 1.54) is 16.2 Å². The van der Waals surface area contributed by atoms with E-state index >= 15 is 0 Å². The van der Waals surface area contributed by atoms with Crippen molar-refractivity contribution in [2.45, 2.75) is 38.8 Å². The van der Waals surface area contributed by atoms with Crippen LogP contribution in [-0.2, 0) is 0 Å². The minimum absolute atomic E-state index is 0.128. The van der Waals surface area contributed by atoms with Crippen LogP contribution in [0.1, 0.15) is 47.3 Å². The van der Waals surface area contributed by atoms with Gasteiger partial charge in [-0.2, -0.15) is 0 Å². The van der Waals surface area contributed by atoms with E-state index < -0.39 is 0 Å². The van der Waals surface area contributed by atoms with Crippen LogP contribution >= 0.6 is 23.6 Å². The Labute approximate surface area is 141 Å². The summed E-state index contributed by atoms with van der Waals surface area (Å²) in [4.78, 5) is 9.58. The minimum Gasteiger partial charge on any atom is -0.352 e. The van der Waals surface area contributed by atoms with E-state index in [2.05, 4.69) is 47.2 Å². The summed E-state index contributed by atoms with van der Waals surface area (Å²) in [6.45, 7) is 5.36. The summed E-state index contributed by atoms with van der Waals surface area (Å²) in [7, 11) is 0. The number of aromatic nitrogens is 1. The van der Waals surface area contributed by atoms with Crippen LogP contribution in [0.5, 0.6) is 0 Å². The monoisotopic (exact) mass is 331 g/mol. The van der Waals surface area contributed by atoms with Crippen LogP contribution in [0.4, 0.5) is 0 Å². The van der Waals surface area contributed by atoms with Gasteiger partial charge in [0.2, 0.25) is 0 Å². The predicted octanol–water partition coefficient (Wildman–Crippen LogP) is 4.22. The molecule has 1 fully saturated rings. The van der Waals surface area contributed by atoms with Crippen LogP contribution in [0.3, 0.4) is 0 Å². The highest BCUT2D eigenvalue weighted by Gasteiger charge is 2.39. The van der Waals surface area contributed by atoms with Gasteiger partial charge < -0.3 is 10.2 Å². The average molecular weight is 332 g/mol. The lowest BCUT2D eigenvalue weighted by Crippen LogP contribution is -2.30. The number of nitrogens with zero attached hydrogens (tertiary/aromatic N) is 2. The first kappa shape index (κ1) is 15.4. The molecule has 3 nitrogen and oxygen atoms in total. The first-order valence-corrected chi connectivity index (χ1v) is 8.97. The fraction of sp³-hybridized carbons (Fsp3) is 0.412. The number of aryl methyl sites for hydroxylation is 1. The van der Waals surface area contributed by atoms with Crippen LogP contribution in [0.25, 0.3) is 0 Å². The second kappa shape index (κ2) is 6.75. The zero-order valence-corrected chi connectivity index (χ0v) is 14.6. The van der Waals surface area contributed by atoms with E-state index in [1.807, 2.05) is 29.7 Å². The number of unbranched alkanes of at least 4 members (excludes halogenated alkanes) is 1. The Kier molecular flexibility index (Phi) is 4.74. The van der Waals surface area contributed by atoms with Gasteiger partial charge in [0.25, 0.3) is 0 Å². The molecule has 3 heterocycles. The summed E-state index contributed by atoms with van der Waals surface area (Å²) in [5.74, 6) is 0. The van der Waals surface area contributed by atoms with Gasteiger partial charge in [-0.25, -0.2) is 0 Å². The van der Waals surface area contributed by atoms with E-state index in [9.17, 15) is 0 Å². The maximum atomic E-state index is 5.61. The van der Waals surface area contributed by atoms with E-state index in [4.69, 9.17) is 12.2 Å². The molecule has 1 aliphatic heterocycles. The highest BCUT2D eigenvalue weighted by atomic mass is 32.1. The number of hydrogen-bond donors (Lipinski definition) is 1. The Balaban J connectivity index is 1.96. The number of nitrogens with one attached hydrogen (secondary N) is 1. The molecule has 2 aromatic heterocycles. The third kappa shape index (κ3) is 3.01. The van der Waals surface area contributed by atoms with E-state index in [0.29, 0.717) is 0 Å². The second-order valence-electron chi connectivity index (χ2n) is 5.62. The van der Waals surface area contributed by atoms with Gasteiger partial charge in [0.1, 0.15) is 0 Å². The summed E-state index contributed by atoms with van der Waals surface area (Å²) in [6, 6.07) is 10.9. The molecule has 1 N–H and O–H groups in total. The number of rotatable bonds is 5. The van der Waals surface area contributed by atoms with Crippen molar-refractivity contribution in [1.29, 1.82) is 0 Å². The van der Waals surface area contributed by atoms with Crippen molar-refractivity contribution in [3.05, 3.63) is 52.0 Å². The summed E-state index contributed by atoms with van der Waals surface area (Å²) in [5, 5.41) is 4.34. The molecule has 5 heteroatoms. The van der Waals surface area contributed by atoms with Crippen LogP contribution in [0, 0.1) is 6.92 Å². The first-order chi connectivity index (χ1) is 10.7. The summed E-state index contributed by atoms with van der Waals surface area (Å²) >= 11 is 7.46. The molecule has 1 aliphatic rings. The molecule has 1 saturated heterocycles. The van der Waals surface area contributed by atoms with E-state index in [-0.39, 0.29) is 12.1 Å². The van der Waals surface area contributed by atoms with Gasteiger partial charge in [-0.1, -0.05) is 19.4 Å². The number of pyridine rings is 1. The molecular weight excluding hydrogens is 310 g/mol. The Morgan fingerprint density at radius 3 is 2.82 bits per heavy atom. The Hall–Kier alpha value is -1.46. The summed E-state index contributed by atoms with van der Waals surface area (Å²) < 4.78 is 0. The molecule has 0 unspecified atom stereocenters. The summed E-state index contributed by atoms with van der Waals surface area (Å²) in [6.07, 6.45) is 4.17. The normalized spacial score (nSPS) is 21.2. The zero-order chi connectivity index (χ0) is 15.5. The predicted molar refractivity (Wildman–Crippen MR) is 96.1 cm³/mol. The van der Waals surface area contributed by atoms with Crippen LogP contribution < -0.4 is 5.32 Å². The molecule has 0 saturated carbocycles. The van der Waals surface area contributed by atoms with Crippen LogP contribution in [-0.4, -0.2) is 21.5 Å². The lowest BCUT2D eigenvalue weighted by molar-refractivity contribution is 0.317. The maximum absolute atomic E-state index is 5.61.